The van der Waals surface area contributed by atoms with Gasteiger partial charge in [0.15, 0.2) is 0 Å². The third-order valence-corrected chi connectivity index (χ3v) is 6.68. The van der Waals surface area contributed by atoms with Crippen molar-refractivity contribution in [2.24, 2.45) is 0 Å². The summed E-state index contributed by atoms with van der Waals surface area (Å²) in [6.07, 6.45) is 7.52. The molecule has 3 rings (SSSR count). The molecule has 0 saturated heterocycles. The van der Waals surface area contributed by atoms with Crippen molar-refractivity contribution >= 4 is 21.6 Å². The molecule has 0 spiro atoms. The summed E-state index contributed by atoms with van der Waals surface area (Å²) in [6.45, 7) is 2.26. The molecule has 2 aromatic carbocycles. The fourth-order valence-electron chi connectivity index (χ4n) is 3.50. The molecule has 0 fully saturated rings. The molecule has 1 aliphatic rings. The van der Waals surface area contributed by atoms with Crippen molar-refractivity contribution in [1.82, 2.24) is 4.72 Å². The number of hydrogen-bond acceptors (Lipinski definition) is 4. The number of benzene rings is 2. The number of methoxy groups -OCH3 is 1. The first-order chi connectivity index (χ1) is 14.4. The van der Waals surface area contributed by atoms with Crippen molar-refractivity contribution in [3.63, 3.8) is 0 Å². The van der Waals surface area contributed by atoms with E-state index in [0.717, 1.165) is 24.8 Å². The van der Waals surface area contributed by atoms with Crippen LogP contribution in [0.15, 0.2) is 59.0 Å². The Morgan fingerprint density at radius 2 is 1.87 bits per heavy atom. The lowest BCUT2D eigenvalue weighted by molar-refractivity contribution is 0.102. The third-order valence-electron chi connectivity index (χ3n) is 5.20. The van der Waals surface area contributed by atoms with Gasteiger partial charge in [0.1, 0.15) is 5.75 Å². The van der Waals surface area contributed by atoms with Crippen molar-refractivity contribution in [1.29, 1.82) is 0 Å². The summed E-state index contributed by atoms with van der Waals surface area (Å²) in [7, 11) is -1.99. The van der Waals surface area contributed by atoms with Gasteiger partial charge in [0.25, 0.3) is 5.91 Å². The highest BCUT2D eigenvalue weighted by atomic mass is 32.2. The number of nitrogens with one attached hydrogen (secondary N) is 2. The van der Waals surface area contributed by atoms with Crippen LogP contribution >= 0.6 is 0 Å². The molecule has 6 nitrogen and oxygen atoms in total. The quantitative estimate of drug-likeness (QED) is 0.610. The van der Waals surface area contributed by atoms with Crippen LogP contribution in [0.4, 0.5) is 5.69 Å². The van der Waals surface area contributed by atoms with Gasteiger partial charge in [-0.25, -0.2) is 13.1 Å². The van der Waals surface area contributed by atoms with Crippen molar-refractivity contribution in [2.75, 3.05) is 19.0 Å². The fourth-order valence-corrected chi connectivity index (χ4v) is 4.53. The standard InChI is InChI=1S/C23H28N2O4S/c1-17-16-19(8-13-22(17)29-2)23(26)25-20-9-11-21(12-10-20)30(27,28)24-15-14-18-6-4-3-5-7-18/h6,8-13,16,24H,3-5,7,14-15H2,1-2H3,(H,25,26). The zero-order valence-electron chi connectivity index (χ0n) is 17.4. The van der Waals surface area contributed by atoms with E-state index in [9.17, 15) is 13.2 Å². The highest BCUT2D eigenvalue weighted by Gasteiger charge is 2.15. The molecule has 0 unspecified atom stereocenters. The molecule has 2 N–H and O–H groups in total. The lowest BCUT2D eigenvalue weighted by atomic mass is 9.97. The van der Waals surface area contributed by atoms with Gasteiger partial charge in [-0.1, -0.05) is 11.6 Å². The number of anilines is 1. The highest BCUT2D eigenvalue weighted by molar-refractivity contribution is 7.89. The number of aryl methyl sites for hydroxylation is 1. The zero-order valence-corrected chi connectivity index (χ0v) is 18.2. The molecule has 0 atom stereocenters. The van der Waals surface area contributed by atoms with E-state index in [4.69, 9.17) is 4.74 Å². The van der Waals surface area contributed by atoms with Gasteiger partial charge < -0.3 is 10.1 Å². The third kappa shape index (κ3) is 5.70. The largest absolute Gasteiger partial charge is 0.496 e. The van der Waals surface area contributed by atoms with Crippen LogP contribution in [0.25, 0.3) is 0 Å². The first-order valence-corrected chi connectivity index (χ1v) is 11.6. The summed E-state index contributed by atoms with van der Waals surface area (Å²) in [6, 6.07) is 11.4. The number of allylic oxidation sites excluding steroid dienone is 1. The molecule has 0 heterocycles. The maximum Gasteiger partial charge on any atom is 0.255 e. The lowest BCUT2D eigenvalue weighted by Crippen LogP contribution is -2.25. The first-order valence-electron chi connectivity index (χ1n) is 10.1. The van der Waals surface area contributed by atoms with E-state index in [1.165, 1.54) is 30.5 Å². The molecule has 30 heavy (non-hydrogen) atoms. The molecule has 1 aliphatic carbocycles. The smallest absolute Gasteiger partial charge is 0.255 e. The second kappa shape index (κ2) is 9.91. The minimum atomic E-state index is -3.58. The molecule has 0 saturated carbocycles. The number of hydrogen-bond donors (Lipinski definition) is 2. The average molecular weight is 429 g/mol. The Labute approximate surface area is 178 Å². The number of carbonyl (C=O) groups is 1. The van der Waals surface area contributed by atoms with E-state index in [-0.39, 0.29) is 10.8 Å². The van der Waals surface area contributed by atoms with Crippen LogP contribution in [0.5, 0.6) is 5.75 Å². The predicted molar refractivity (Wildman–Crippen MR) is 118 cm³/mol. The molecule has 2 aromatic rings. The van der Waals surface area contributed by atoms with Crippen molar-refractivity contribution in [3.05, 3.63) is 65.2 Å². The van der Waals surface area contributed by atoms with Gasteiger partial charge in [0, 0.05) is 17.8 Å². The van der Waals surface area contributed by atoms with Gasteiger partial charge in [0.2, 0.25) is 10.0 Å². The molecule has 1 amide bonds. The predicted octanol–water partition coefficient (Wildman–Crippen LogP) is 4.42. The second-order valence-corrected chi connectivity index (χ2v) is 9.19. The van der Waals surface area contributed by atoms with Crippen molar-refractivity contribution in [3.8, 4) is 5.75 Å². The molecular weight excluding hydrogens is 400 g/mol. The molecular formula is C23H28N2O4S. The summed E-state index contributed by atoms with van der Waals surface area (Å²) < 4.78 is 32.9. The monoisotopic (exact) mass is 428 g/mol. The molecule has 160 valence electrons. The van der Waals surface area contributed by atoms with Crippen LogP contribution in [0.2, 0.25) is 0 Å². The minimum absolute atomic E-state index is 0.179. The van der Waals surface area contributed by atoms with E-state index in [0.29, 0.717) is 23.5 Å². The topological polar surface area (TPSA) is 84.5 Å². The maximum atomic E-state index is 12.5. The van der Waals surface area contributed by atoms with Crippen molar-refractivity contribution in [2.45, 2.75) is 43.9 Å². The lowest BCUT2D eigenvalue weighted by Gasteiger charge is -2.13. The van der Waals surface area contributed by atoms with Gasteiger partial charge in [-0.05, 0) is 87.1 Å². The number of ether oxygens (including phenoxy) is 1. The Kier molecular flexibility index (Phi) is 7.29. The molecule has 7 heteroatoms. The van der Waals surface area contributed by atoms with E-state index in [2.05, 4.69) is 16.1 Å². The Bertz CT molecular complexity index is 1030. The van der Waals surface area contributed by atoms with Crippen LogP contribution in [-0.4, -0.2) is 28.0 Å². The SMILES string of the molecule is COc1ccc(C(=O)Nc2ccc(S(=O)(=O)NCCC3=CCCCC3)cc2)cc1C. The average Bonchev–Trinajstić information content (AvgIpc) is 2.74. The Morgan fingerprint density at radius 3 is 2.50 bits per heavy atom. The van der Waals surface area contributed by atoms with Crippen molar-refractivity contribution < 1.29 is 17.9 Å². The Hall–Kier alpha value is -2.64. The van der Waals surface area contributed by atoms with Crippen LogP contribution in [0, 0.1) is 6.92 Å². The Morgan fingerprint density at radius 1 is 1.10 bits per heavy atom. The minimum Gasteiger partial charge on any atom is -0.496 e. The number of carbonyl (C=O) groups excluding carboxylic acids is 1. The highest BCUT2D eigenvalue weighted by Crippen LogP contribution is 2.21. The van der Waals surface area contributed by atoms with Crippen LogP contribution < -0.4 is 14.8 Å². The second-order valence-electron chi connectivity index (χ2n) is 7.42. The van der Waals surface area contributed by atoms with E-state index >= 15 is 0 Å². The number of amides is 1. The van der Waals surface area contributed by atoms with Gasteiger partial charge in [-0.2, -0.15) is 0 Å². The molecule has 0 aliphatic heterocycles. The van der Waals surface area contributed by atoms with Gasteiger partial charge in [-0.3, -0.25) is 4.79 Å². The zero-order chi connectivity index (χ0) is 21.6. The van der Waals surface area contributed by atoms with Crippen LogP contribution in [-0.2, 0) is 10.0 Å². The van der Waals surface area contributed by atoms with Gasteiger partial charge >= 0.3 is 0 Å². The molecule has 0 aromatic heterocycles. The summed E-state index contributed by atoms with van der Waals surface area (Å²) in [5, 5.41) is 2.79. The van der Waals surface area contributed by atoms with Gasteiger partial charge in [-0.15, -0.1) is 0 Å². The fraction of sp³-hybridized carbons (Fsp3) is 0.348. The van der Waals surface area contributed by atoms with Crippen LogP contribution in [0.1, 0.15) is 48.0 Å². The first kappa shape index (κ1) is 22.1. The summed E-state index contributed by atoms with van der Waals surface area (Å²) >= 11 is 0. The molecule has 0 radical (unpaired) electrons. The maximum absolute atomic E-state index is 12.5. The normalized spacial score (nSPS) is 14.1. The molecule has 0 bridgehead atoms. The number of rotatable bonds is 8. The number of sulfonamides is 1. The van der Waals surface area contributed by atoms with Crippen LogP contribution in [0.3, 0.4) is 0 Å². The van der Waals surface area contributed by atoms with E-state index in [1.807, 2.05) is 6.92 Å². The van der Waals surface area contributed by atoms with Gasteiger partial charge in [0.05, 0.1) is 12.0 Å². The summed E-state index contributed by atoms with van der Waals surface area (Å²) in [5.74, 6) is 0.448. The Balaban J connectivity index is 1.58. The van der Waals surface area contributed by atoms with E-state index in [1.54, 1.807) is 37.4 Å². The summed E-state index contributed by atoms with van der Waals surface area (Å²) in [4.78, 5) is 12.6. The van der Waals surface area contributed by atoms with E-state index < -0.39 is 10.0 Å². The summed E-state index contributed by atoms with van der Waals surface area (Å²) in [5.41, 5.74) is 3.22.